The fourth-order valence-electron chi connectivity index (χ4n) is 3.04. The molecule has 0 radical (unpaired) electrons. The zero-order valence-corrected chi connectivity index (χ0v) is 15.7. The minimum absolute atomic E-state index is 0.0185. The smallest absolute Gasteiger partial charge is 0.306 e. The lowest BCUT2D eigenvalue weighted by atomic mass is 10.1. The molecule has 5 heteroatoms. The van der Waals surface area contributed by atoms with Crippen molar-refractivity contribution in [1.82, 2.24) is 4.57 Å². The fourth-order valence-corrected chi connectivity index (χ4v) is 3.04. The summed E-state index contributed by atoms with van der Waals surface area (Å²) in [6.45, 7) is 6.02. The summed E-state index contributed by atoms with van der Waals surface area (Å²) in [6.07, 6.45) is 1.80. The quantitative estimate of drug-likeness (QED) is 0.651. The van der Waals surface area contributed by atoms with Gasteiger partial charge in [0.1, 0.15) is 11.6 Å². The summed E-state index contributed by atoms with van der Waals surface area (Å²) < 4.78 is 15.7. The summed E-state index contributed by atoms with van der Waals surface area (Å²) in [5.74, 6) is -0.228. The number of benzene rings is 2. The van der Waals surface area contributed by atoms with Crippen LogP contribution in [0.5, 0.6) is 5.75 Å². The summed E-state index contributed by atoms with van der Waals surface area (Å²) in [6, 6.07) is 12.6. The number of halogens is 1. The zero-order valence-electron chi connectivity index (χ0n) is 15.7. The van der Waals surface area contributed by atoms with Crippen LogP contribution in [0.2, 0.25) is 0 Å². The largest absolute Gasteiger partial charge is 0.508 e. The molecule has 1 aliphatic rings. The van der Waals surface area contributed by atoms with Gasteiger partial charge in [0.15, 0.2) is 0 Å². The van der Waals surface area contributed by atoms with Gasteiger partial charge in [-0.1, -0.05) is 13.8 Å². The van der Waals surface area contributed by atoms with E-state index in [1.165, 1.54) is 6.07 Å². The molecule has 0 bridgehead atoms. The van der Waals surface area contributed by atoms with Crippen molar-refractivity contribution in [3.63, 3.8) is 0 Å². The predicted molar refractivity (Wildman–Crippen MR) is 104 cm³/mol. The molecule has 27 heavy (non-hydrogen) atoms. The number of nitrogens with zero attached hydrogens (tertiary/aromatic N) is 1. The Bertz CT molecular complexity index is 987. The number of phenolic OH excluding ortho intramolecular Hbond substituents is 1. The van der Waals surface area contributed by atoms with Gasteiger partial charge in [0, 0.05) is 16.8 Å². The second-order valence-corrected chi connectivity index (χ2v) is 7.35. The van der Waals surface area contributed by atoms with Crippen molar-refractivity contribution >= 4 is 16.9 Å². The summed E-state index contributed by atoms with van der Waals surface area (Å²) in [5.41, 5.74) is 3.73. The van der Waals surface area contributed by atoms with Crippen molar-refractivity contribution in [2.24, 2.45) is 5.92 Å². The molecule has 0 atom stereocenters. The molecule has 1 saturated carbocycles. The highest BCUT2D eigenvalue weighted by molar-refractivity contribution is 5.85. The normalized spacial score (nSPS) is 13.5. The van der Waals surface area contributed by atoms with E-state index >= 15 is 0 Å². The fraction of sp³-hybridized carbons (Fsp3) is 0.318. The topological polar surface area (TPSA) is 62.5 Å². The first-order chi connectivity index (χ1) is 12.8. The van der Waals surface area contributed by atoms with Crippen molar-refractivity contribution in [3.05, 3.63) is 59.5 Å². The number of rotatable bonds is 3. The monoisotopic (exact) mass is 369 g/mol. The molecule has 0 unspecified atom stereocenters. The molecule has 2 N–H and O–H groups in total. The Balaban J connectivity index is 0.000000299. The third kappa shape index (κ3) is 4.13. The average molecular weight is 369 g/mol. The van der Waals surface area contributed by atoms with E-state index in [-0.39, 0.29) is 17.5 Å². The predicted octanol–water partition coefficient (Wildman–Crippen LogP) is 5.39. The molecule has 4 rings (SSSR count). The van der Waals surface area contributed by atoms with Gasteiger partial charge in [-0.05, 0) is 73.7 Å². The number of aromatic nitrogens is 1. The number of carboxylic acid groups (broad SMARTS) is 1. The Labute approximate surface area is 157 Å². The number of aromatic hydroxyl groups is 1. The van der Waals surface area contributed by atoms with Gasteiger partial charge in [0.25, 0.3) is 0 Å². The van der Waals surface area contributed by atoms with Crippen LogP contribution >= 0.6 is 0 Å². The summed E-state index contributed by atoms with van der Waals surface area (Å²) in [5, 5.41) is 18.7. The van der Waals surface area contributed by atoms with E-state index in [2.05, 4.69) is 24.5 Å². The Morgan fingerprint density at radius 3 is 2.37 bits per heavy atom. The maximum atomic E-state index is 13.5. The summed E-state index contributed by atoms with van der Waals surface area (Å²) in [7, 11) is 0. The third-order valence-corrected chi connectivity index (χ3v) is 4.73. The molecule has 3 aromatic rings. The van der Waals surface area contributed by atoms with Crippen LogP contribution in [-0.4, -0.2) is 20.7 Å². The highest BCUT2D eigenvalue weighted by Gasteiger charge is 2.28. The molecule has 0 saturated heterocycles. The number of fused-ring (bicyclic) bond motifs is 1. The number of aryl methyl sites for hydroxylation is 1. The van der Waals surface area contributed by atoms with Crippen LogP contribution in [0.1, 0.15) is 43.9 Å². The molecule has 1 aromatic heterocycles. The Morgan fingerprint density at radius 2 is 1.85 bits per heavy atom. The lowest BCUT2D eigenvalue weighted by Gasteiger charge is -2.14. The molecular formula is C22H24FNO3. The number of carboxylic acids is 1. The van der Waals surface area contributed by atoms with E-state index in [1.807, 2.05) is 12.1 Å². The van der Waals surface area contributed by atoms with E-state index in [9.17, 15) is 14.3 Å². The van der Waals surface area contributed by atoms with Crippen LogP contribution in [0.15, 0.2) is 42.5 Å². The van der Waals surface area contributed by atoms with Gasteiger partial charge in [-0.3, -0.25) is 4.79 Å². The Kier molecular flexibility index (Phi) is 5.22. The number of aliphatic carboxylic acids is 1. The highest BCUT2D eigenvalue weighted by Crippen LogP contribution is 2.31. The molecule has 1 heterocycles. The zero-order chi connectivity index (χ0) is 19.7. The number of carbonyl (C=O) groups is 1. The van der Waals surface area contributed by atoms with Gasteiger partial charge >= 0.3 is 5.97 Å². The number of hydrogen-bond acceptors (Lipinski definition) is 2. The van der Waals surface area contributed by atoms with Gasteiger partial charge in [-0.25, -0.2) is 4.39 Å². The van der Waals surface area contributed by atoms with Crippen LogP contribution in [0.4, 0.5) is 4.39 Å². The minimum Gasteiger partial charge on any atom is -0.508 e. The molecule has 142 valence electrons. The molecule has 0 spiro atoms. The Morgan fingerprint density at radius 1 is 1.15 bits per heavy atom. The molecule has 4 nitrogen and oxygen atoms in total. The number of hydrogen-bond donors (Lipinski definition) is 2. The van der Waals surface area contributed by atoms with Crippen LogP contribution in [-0.2, 0) is 4.79 Å². The third-order valence-electron chi connectivity index (χ3n) is 4.73. The van der Waals surface area contributed by atoms with Crippen molar-refractivity contribution in [2.75, 3.05) is 0 Å². The maximum Gasteiger partial charge on any atom is 0.306 e. The van der Waals surface area contributed by atoms with Crippen molar-refractivity contribution < 1.29 is 19.4 Å². The van der Waals surface area contributed by atoms with Gasteiger partial charge in [-0.2, -0.15) is 0 Å². The first-order valence-corrected chi connectivity index (χ1v) is 9.11. The van der Waals surface area contributed by atoms with E-state index < -0.39 is 5.97 Å². The van der Waals surface area contributed by atoms with Crippen molar-refractivity contribution in [3.8, 4) is 11.4 Å². The lowest BCUT2D eigenvalue weighted by Crippen LogP contribution is -2.02. The van der Waals surface area contributed by atoms with Crippen molar-refractivity contribution in [2.45, 2.75) is 39.5 Å². The van der Waals surface area contributed by atoms with Gasteiger partial charge in [0.05, 0.1) is 11.4 Å². The Hall–Kier alpha value is -2.82. The maximum absolute atomic E-state index is 13.5. The van der Waals surface area contributed by atoms with Gasteiger partial charge in [0.2, 0.25) is 0 Å². The van der Waals surface area contributed by atoms with E-state index in [1.54, 1.807) is 25.1 Å². The van der Waals surface area contributed by atoms with Crippen molar-refractivity contribution in [1.29, 1.82) is 0 Å². The first-order valence-electron chi connectivity index (χ1n) is 9.11. The summed E-state index contributed by atoms with van der Waals surface area (Å²) in [4.78, 5) is 9.76. The second kappa shape index (κ2) is 7.43. The lowest BCUT2D eigenvalue weighted by molar-refractivity contribution is -0.138. The van der Waals surface area contributed by atoms with Crippen LogP contribution in [0, 0.1) is 18.7 Å². The van der Waals surface area contributed by atoms with Crippen LogP contribution in [0.3, 0.4) is 0 Å². The van der Waals surface area contributed by atoms with E-state index in [0.29, 0.717) is 11.5 Å². The second-order valence-electron chi connectivity index (χ2n) is 7.35. The molecule has 1 fully saturated rings. The first kappa shape index (κ1) is 19.0. The minimum atomic E-state index is -0.630. The molecular weight excluding hydrogens is 345 g/mol. The molecule has 0 aliphatic heterocycles. The van der Waals surface area contributed by atoms with Gasteiger partial charge in [-0.15, -0.1) is 0 Å². The molecule has 0 amide bonds. The average Bonchev–Trinajstić information content (AvgIpc) is 3.39. The number of phenols is 1. The van der Waals surface area contributed by atoms with Crippen LogP contribution in [0.25, 0.3) is 16.6 Å². The van der Waals surface area contributed by atoms with E-state index in [4.69, 9.17) is 5.11 Å². The summed E-state index contributed by atoms with van der Waals surface area (Å²) >= 11 is 0. The van der Waals surface area contributed by atoms with Gasteiger partial charge < -0.3 is 14.8 Å². The SMILES string of the molecule is Cc1cc(-n2c(C(C)C)cc3cc(O)ccc32)ccc1F.O=C(O)C1CC1. The standard InChI is InChI=1S/C18H18FNO.C4H6O2/c1-11(2)18-10-13-9-15(21)5-7-17(13)20(18)14-4-6-16(19)12(3)8-14;5-4(6)3-1-2-3/h4-11,21H,1-3H3;3H,1-2H2,(H,5,6). The van der Waals surface area contributed by atoms with E-state index in [0.717, 1.165) is 35.1 Å². The highest BCUT2D eigenvalue weighted by atomic mass is 19.1. The van der Waals surface area contributed by atoms with Crippen LogP contribution < -0.4 is 0 Å². The molecule has 2 aromatic carbocycles. The molecule has 1 aliphatic carbocycles.